The van der Waals surface area contributed by atoms with Crippen molar-refractivity contribution in [2.75, 3.05) is 0 Å². The first-order valence-corrected chi connectivity index (χ1v) is 6.26. The molecule has 0 radical (unpaired) electrons. The van der Waals surface area contributed by atoms with Gasteiger partial charge in [0.05, 0.1) is 12.4 Å². The second kappa shape index (κ2) is 6.65. The Hall–Kier alpha value is 0.529. The van der Waals surface area contributed by atoms with Crippen molar-refractivity contribution < 1.29 is 11.2 Å². The second-order valence-electron chi connectivity index (χ2n) is 0.808. The summed E-state index contributed by atoms with van der Waals surface area (Å²) in [6.45, 7) is 0. The Morgan fingerprint density at radius 2 is 1.44 bits per heavy atom. The maximum absolute atomic E-state index is 4.89. The molecule has 0 amide bonds. The van der Waals surface area contributed by atoms with Crippen LogP contribution in [0.2, 0.25) is 0 Å². The number of aromatic nitrogens is 3. The molecule has 0 fully saturated rings. The van der Waals surface area contributed by atoms with E-state index in [1.165, 1.54) is 0 Å². The number of aromatic amines is 1. The van der Waals surface area contributed by atoms with Crippen molar-refractivity contribution in [1.29, 1.82) is 0 Å². The molecule has 0 saturated heterocycles. The minimum atomic E-state index is -1.33. The second-order valence-corrected chi connectivity index (χ2v) is 6.28. The third-order valence-electron chi connectivity index (χ3n) is 0.331. The molecule has 9 heavy (non-hydrogen) atoms. The number of H-pyrrole nitrogens is 1. The molecule has 0 aliphatic rings. The maximum Gasteiger partial charge on any atom is 0.0690 e. The van der Waals surface area contributed by atoms with Crippen LogP contribution in [0, 0.1) is 0 Å². The molecule has 0 bridgehead atoms. The van der Waals surface area contributed by atoms with Crippen molar-refractivity contribution in [1.82, 2.24) is 15.4 Å². The van der Waals surface area contributed by atoms with Crippen molar-refractivity contribution in [2.24, 2.45) is 0 Å². The Bertz CT molecular complexity index is 101. The van der Waals surface area contributed by atoms with Gasteiger partial charge in [-0.2, -0.15) is 15.4 Å². The van der Waals surface area contributed by atoms with Crippen molar-refractivity contribution in [3.8, 4) is 0 Å². The zero-order chi connectivity index (χ0) is 7.11. The van der Waals surface area contributed by atoms with Crippen LogP contribution < -0.4 is 0 Å². The van der Waals surface area contributed by atoms with Gasteiger partial charge in [0.1, 0.15) is 0 Å². The topological polar surface area (TPSA) is 41.6 Å². The molecule has 55 valence electrons. The maximum atomic E-state index is 4.89. The monoisotopic (exact) mass is 230 g/mol. The fraction of sp³-hybridized carbons (Fsp3) is 0. The average molecular weight is 231 g/mol. The normalized spacial score (nSPS) is 9.44. The first kappa shape index (κ1) is 9.53. The van der Waals surface area contributed by atoms with Gasteiger partial charge >= 0.3 is 41.5 Å². The predicted octanol–water partition coefficient (Wildman–Crippen LogP) is 1.87. The summed E-state index contributed by atoms with van der Waals surface area (Å²) < 4.78 is 0. The third kappa shape index (κ3) is 11.9. The van der Waals surface area contributed by atoms with Crippen LogP contribution in [-0.4, -0.2) is 15.4 Å². The van der Waals surface area contributed by atoms with Gasteiger partial charge < -0.3 is 0 Å². The minimum Gasteiger partial charge on any atom is -0.198 e. The van der Waals surface area contributed by atoms with E-state index in [0.717, 1.165) is 0 Å². The number of nitrogens with one attached hydrogen (secondary N) is 1. The predicted molar refractivity (Wildman–Crippen MR) is 33.9 cm³/mol. The summed E-state index contributed by atoms with van der Waals surface area (Å²) in [6.07, 6.45) is 3.17. The first-order valence-electron chi connectivity index (χ1n) is 1.70. The number of hydrogen-bond donors (Lipinski definition) is 1. The molecule has 1 aromatic rings. The third-order valence-corrected chi connectivity index (χ3v) is 0.331. The SMILES string of the molecule is [Cl][Fe]([Cl])[Cl].c1cn[nH]n1. The summed E-state index contributed by atoms with van der Waals surface area (Å²) in [5.41, 5.74) is 0. The zero-order valence-corrected chi connectivity index (χ0v) is 7.41. The van der Waals surface area contributed by atoms with Gasteiger partial charge in [0.25, 0.3) is 0 Å². The smallest absolute Gasteiger partial charge is 0.0690 e. The molecule has 0 unspecified atom stereocenters. The standard InChI is InChI=1S/C2H3N3.3ClH.Fe/c1-2-4-5-3-1;;;;/h1-2H,(H,3,4,5);3*1H;/q;;;;+3/p-3. The van der Waals surface area contributed by atoms with Gasteiger partial charge in [-0.1, -0.05) is 0 Å². The average Bonchev–Trinajstić information content (AvgIpc) is 2.11. The Morgan fingerprint density at radius 1 is 1.11 bits per heavy atom. The summed E-state index contributed by atoms with van der Waals surface area (Å²) >= 11 is -1.33. The van der Waals surface area contributed by atoms with Crippen LogP contribution in [0.25, 0.3) is 0 Å². The molecule has 3 nitrogen and oxygen atoms in total. The van der Waals surface area contributed by atoms with Crippen LogP contribution in [0.1, 0.15) is 0 Å². The van der Waals surface area contributed by atoms with Crippen LogP contribution in [0.4, 0.5) is 0 Å². The van der Waals surface area contributed by atoms with Gasteiger partial charge in [0.15, 0.2) is 0 Å². The number of nitrogens with zero attached hydrogens (tertiary/aromatic N) is 2. The Morgan fingerprint density at radius 3 is 1.56 bits per heavy atom. The number of rotatable bonds is 0. The quantitative estimate of drug-likeness (QED) is 0.692. The van der Waals surface area contributed by atoms with Gasteiger partial charge in [-0.25, -0.2) is 0 Å². The number of halogens is 3. The van der Waals surface area contributed by atoms with E-state index in [4.69, 9.17) is 30.3 Å². The minimum absolute atomic E-state index is 1.33. The number of hydrogen-bond acceptors (Lipinski definition) is 2. The van der Waals surface area contributed by atoms with E-state index in [1.807, 2.05) is 0 Å². The van der Waals surface area contributed by atoms with E-state index in [1.54, 1.807) is 12.4 Å². The molecule has 0 spiro atoms. The van der Waals surface area contributed by atoms with Crippen LogP contribution in [0.3, 0.4) is 0 Å². The van der Waals surface area contributed by atoms with Crippen LogP contribution in [0.15, 0.2) is 12.4 Å². The van der Waals surface area contributed by atoms with Crippen molar-refractivity contribution in [2.45, 2.75) is 0 Å². The van der Waals surface area contributed by atoms with E-state index in [2.05, 4.69) is 15.4 Å². The molecule has 0 saturated carbocycles. The molecule has 7 heteroatoms. The van der Waals surface area contributed by atoms with Crippen molar-refractivity contribution in [3.05, 3.63) is 12.4 Å². The molecule has 0 aromatic carbocycles. The Labute approximate surface area is 69.2 Å². The van der Waals surface area contributed by atoms with E-state index in [9.17, 15) is 0 Å². The van der Waals surface area contributed by atoms with Crippen molar-refractivity contribution >= 4 is 30.3 Å². The van der Waals surface area contributed by atoms with E-state index >= 15 is 0 Å². The van der Waals surface area contributed by atoms with E-state index in [0.29, 0.717) is 0 Å². The van der Waals surface area contributed by atoms with E-state index < -0.39 is 11.2 Å². The molecule has 0 aliphatic heterocycles. The van der Waals surface area contributed by atoms with Gasteiger partial charge in [0, 0.05) is 0 Å². The Balaban J connectivity index is 0.000000148. The summed E-state index contributed by atoms with van der Waals surface area (Å²) in [7, 11) is 14.7. The van der Waals surface area contributed by atoms with Gasteiger partial charge in [0.2, 0.25) is 0 Å². The molecular formula is C2H3Cl3FeN3. The van der Waals surface area contributed by atoms with Crippen LogP contribution in [-0.2, 0) is 11.2 Å². The fourth-order valence-corrected chi connectivity index (χ4v) is 0.167. The molecule has 1 aromatic heterocycles. The van der Waals surface area contributed by atoms with Gasteiger partial charge in [-0.3, -0.25) is 0 Å². The van der Waals surface area contributed by atoms with Gasteiger partial charge in [-0.05, 0) is 0 Å². The van der Waals surface area contributed by atoms with Crippen LogP contribution >= 0.6 is 30.3 Å². The summed E-state index contributed by atoms with van der Waals surface area (Å²) in [4.78, 5) is 0. The summed E-state index contributed by atoms with van der Waals surface area (Å²) in [6, 6.07) is 0. The van der Waals surface area contributed by atoms with E-state index in [-0.39, 0.29) is 0 Å². The Kier molecular flexibility index (Phi) is 7.04. The first-order chi connectivity index (χ1) is 4.23. The van der Waals surface area contributed by atoms with Crippen LogP contribution in [0.5, 0.6) is 0 Å². The molecule has 1 heterocycles. The molecule has 0 aliphatic carbocycles. The van der Waals surface area contributed by atoms with Crippen molar-refractivity contribution in [3.63, 3.8) is 0 Å². The molecule has 1 rings (SSSR count). The zero-order valence-electron chi connectivity index (χ0n) is 4.04. The summed E-state index contributed by atoms with van der Waals surface area (Å²) in [5.74, 6) is 0. The largest absolute Gasteiger partial charge is 0.198 e. The summed E-state index contributed by atoms with van der Waals surface area (Å²) in [5, 5.41) is 9.33. The molecule has 1 N–H and O–H groups in total. The molecule has 0 atom stereocenters. The fourth-order valence-electron chi connectivity index (χ4n) is 0.167. The van der Waals surface area contributed by atoms with Gasteiger partial charge in [-0.15, -0.1) is 0 Å². The molecular weight excluding hydrogens is 228 g/mol.